The number of carbonyl (C=O) groups is 3. The Morgan fingerprint density at radius 2 is 2.15 bits per heavy atom. The van der Waals surface area contributed by atoms with Gasteiger partial charge in [-0.25, -0.2) is 0 Å². The predicted molar refractivity (Wildman–Crippen MR) is 102 cm³/mol. The zero-order valence-electron chi connectivity index (χ0n) is 14.7. The minimum atomic E-state index is -0.761. The van der Waals surface area contributed by atoms with Crippen molar-refractivity contribution in [2.45, 2.75) is 30.4 Å². The first-order chi connectivity index (χ1) is 13.0. The van der Waals surface area contributed by atoms with E-state index in [0.29, 0.717) is 17.1 Å². The van der Waals surface area contributed by atoms with Crippen molar-refractivity contribution >= 4 is 41.0 Å². The molecule has 0 bridgehead atoms. The molecule has 3 amide bonds. The fourth-order valence-corrected chi connectivity index (χ4v) is 4.32. The van der Waals surface area contributed by atoms with Crippen LogP contribution in [0.1, 0.15) is 34.5 Å². The van der Waals surface area contributed by atoms with Crippen LogP contribution in [0.3, 0.4) is 0 Å². The van der Waals surface area contributed by atoms with Crippen molar-refractivity contribution < 1.29 is 14.4 Å². The Kier molecular flexibility index (Phi) is 4.61. The van der Waals surface area contributed by atoms with Gasteiger partial charge in [-0.1, -0.05) is 12.1 Å². The number of hydrogen-bond acceptors (Lipinski definition) is 5. The van der Waals surface area contributed by atoms with E-state index < -0.39 is 6.04 Å². The lowest BCUT2D eigenvalue weighted by Crippen LogP contribution is -2.41. The van der Waals surface area contributed by atoms with E-state index in [1.54, 1.807) is 47.8 Å². The van der Waals surface area contributed by atoms with E-state index in [-0.39, 0.29) is 30.6 Å². The van der Waals surface area contributed by atoms with Gasteiger partial charge in [-0.3, -0.25) is 19.1 Å². The number of nitrogens with one attached hydrogen (secondary N) is 3. The van der Waals surface area contributed by atoms with Gasteiger partial charge in [-0.2, -0.15) is 16.9 Å². The van der Waals surface area contributed by atoms with Crippen LogP contribution in [0.2, 0.25) is 0 Å². The molecule has 0 unspecified atom stereocenters. The molecule has 2 aliphatic rings. The van der Waals surface area contributed by atoms with Crippen LogP contribution in [-0.2, 0) is 28.1 Å². The van der Waals surface area contributed by atoms with Crippen LogP contribution in [0.15, 0.2) is 24.3 Å². The number of nitrogens with zero attached hydrogens (tertiary/aromatic N) is 2. The number of anilines is 2. The molecule has 3 heterocycles. The van der Waals surface area contributed by atoms with E-state index in [9.17, 15) is 14.4 Å². The molecule has 8 nitrogen and oxygen atoms in total. The second-order valence-corrected chi connectivity index (χ2v) is 7.52. The lowest BCUT2D eigenvalue weighted by Gasteiger charge is -2.14. The molecule has 0 radical (unpaired) electrons. The first-order valence-electron chi connectivity index (χ1n) is 8.66. The number of rotatable bonds is 4. The molecule has 140 valence electrons. The number of carbonyl (C=O) groups excluding carboxylic acids is 3. The third-order valence-electron chi connectivity index (χ3n) is 4.68. The molecule has 0 saturated heterocycles. The monoisotopic (exact) mass is 385 g/mol. The Bertz CT molecular complexity index is 939. The molecule has 27 heavy (non-hydrogen) atoms. The standard InChI is InChI=1S/C18H19N5O3S/c1-23-16(11-8-27-9-14(11)22-23)21-15(24)7-6-13-18(26)19-12-5-3-2-4-10(12)17(25)20-13/h2-5,13H,6-9H2,1H3,(H,19,26)(H,20,25)(H,21,24)/t13-/m1/s1. The van der Waals surface area contributed by atoms with Gasteiger partial charge in [0.25, 0.3) is 5.91 Å². The van der Waals surface area contributed by atoms with Gasteiger partial charge in [-0.15, -0.1) is 0 Å². The first kappa shape index (κ1) is 17.6. The molecule has 0 saturated carbocycles. The van der Waals surface area contributed by atoms with Crippen molar-refractivity contribution in [2.75, 3.05) is 10.6 Å². The van der Waals surface area contributed by atoms with E-state index in [1.807, 2.05) is 0 Å². The Morgan fingerprint density at radius 1 is 1.33 bits per heavy atom. The topological polar surface area (TPSA) is 105 Å². The van der Waals surface area contributed by atoms with Gasteiger partial charge in [0.05, 0.1) is 16.9 Å². The number of amides is 3. The van der Waals surface area contributed by atoms with E-state index in [4.69, 9.17) is 0 Å². The number of aryl methyl sites for hydroxylation is 1. The zero-order chi connectivity index (χ0) is 19.0. The summed E-state index contributed by atoms with van der Waals surface area (Å²) in [5, 5.41) is 12.7. The maximum atomic E-state index is 12.4. The Hall–Kier alpha value is -2.81. The summed E-state index contributed by atoms with van der Waals surface area (Å²) in [6, 6.07) is 6.07. The van der Waals surface area contributed by atoms with Gasteiger partial charge in [-0.05, 0) is 18.6 Å². The summed E-state index contributed by atoms with van der Waals surface area (Å²) in [5.74, 6) is 1.55. The van der Waals surface area contributed by atoms with Crippen molar-refractivity contribution in [3.05, 3.63) is 41.1 Å². The third kappa shape index (κ3) is 3.42. The molecule has 4 rings (SSSR count). The average Bonchev–Trinajstić information content (AvgIpc) is 3.17. The lowest BCUT2D eigenvalue weighted by molar-refractivity contribution is -0.118. The highest BCUT2D eigenvalue weighted by molar-refractivity contribution is 7.98. The largest absolute Gasteiger partial charge is 0.340 e. The van der Waals surface area contributed by atoms with Gasteiger partial charge in [0.2, 0.25) is 11.8 Å². The number of para-hydroxylation sites is 1. The second-order valence-electron chi connectivity index (χ2n) is 6.54. The summed E-state index contributed by atoms with van der Waals surface area (Å²) in [6.45, 7) is 0. The van der Waals surface area contributed by atoms with Gasteiger partial charge >= 0.3 is 0 Å². The molecule has 1 aromatic heterocycles. The highest BCUT2D eigenvalue weighted by Gasteiger charge is 2.28. The number of fused-ring (bicyclic) bond motifs is 2. The SMILES string of the molecule is Cn1nc2c(c1NC(=O)CC[C@H]1NC(=O)c3ccccc3NC1=O)CSC2. The zero-order valence-corrected chi connectivity index (χ0v) is 15.6. The summed E-state index contributed by atoms with van der Waals surface area (Å²) < 4.78 is 1.68. The first-order valence-corrected chi connectivity index (χ1v) is 9.81. The molecule has 2 aliphatic heterocycles. The van der Waals surface area contributed by atoms with Crippen molar-refractivity contribution in [3.63, 3.8) is 0 Å². The molecule has 0 aliphatic carbocycles. The summed E-state index contributed by atoms with van der Waals surface area (Å²) in [4.78, 5) is 37.1. The van der Waals surface area contributed by atoms with Crippen LogP contribution in [0.4, 0.5) is 11.5 Å². The summed E-state index contributed by atoms with van der Waals surface area (Å²) in [6.07, 6.45) is 0.327. The van der Waals surface area contributed by atoms with Crippen molar-refractivity contribution in [1.29, 1.82) is 0 Å². The minimum absolute atomic E-state index is 0.113. The van der Waals surface area contributed by atoms with Crippen LogP contribution >= 0.6 is 11.8 Å². The molecular formula is C18H19N5O3S. The molecule has 0 fully saturated rings. The van der Waals surface area contributed by atoms with Gasteiger partial charge < -0.3 is 16.0 Å². The fraction of sp³-hybridized carbons (Fsp3) is 0.333. The highest BCUT2D eigenvalue weighted by Crippen LogP contribution is 2.34. The number of aromatic nitrogens is 2. The van der Waals surface area contributed by atoms with Gasteiger partial charge in [0, 0.05) is 30.5 Å². The van der Waals surface area contributed by atoms with E-state index in [0.717, 1.165) is 22.8 Å². The Labute approximate surface area is 160 Å². The van der Waals surface area contributed by atoms with Crippen LogP contribution in [0, 0.1) is 0 Å². The molecule has 3 N–H and O–H groups in total. The second kappa shape index (κ2) is 7.07. The van der Waals surface area contributed by atoms with Crippen molar-refractivity contribution in [2.24, 2.45) is 7.05 Å². The molecule has 9 heteroatoms. The molecule has 0 spiro atoms. The third-order valence-corrected chi connectivity index (χ3v) is 5.65. The molecular weight excluding hydrogens is 366 g/mol. The van der Waals surface area contributed by atoms with E-state index in [1.165, 1.54) is 0 Å². The maximum absolute atomic E-state index is 12.4. The molecule has 2 aromatic rings. The van der Waals surface area contributed by atoms with Crippen molar-refractivity contribution in [1.82, 2.24) is 15.1 Å². The number of benzene rings is 1. The summed E-state index contributed by atoms with van der Waals surface area (Å²) in [5.41, 5.74) is 2.97. The van der Waals surface area contributed by atoms with Crippen LogP contribution in [-0.4, -0.2) is 33.5 Å². The van der Waals surface area contributed by atoms with E-state index >= 15 is 0 Å². The van der Waals surface area contributed by atoms with Gasteiger partial charge in [0.15, 0.2) is 0 Å². The Morgan fingerprint density at radius 3 is 3.00 bits per heavy atom. The van der Waals surface area contributed by atoms with Crippen LogP contribution < -0.4 is 16.0 Å². The van der Waals surface area contributed by atoms with Crippen molar-refractivity contribution in [3.8, 4) is 0 Å². The molecule has 1 atom stereocenters. The summed E-state index contributed by atoms with van der Waals surface area (Å²) >= 11 is 1.76. The highest BCUT2D eigenvalue weighted by atomic mass is 32.2. The average molecular weight is 385 g/mol. The minimum Gasteiger partial charge on any atom is -0.340 e. The number of hydrogen-bond donors (Lipinski definition) is 3. The van der Waals surface area contributed by atoms with Crippen LogP contribution in [0.5, 0.6) is 0 Å². The van der Waals surface area contributed by atoms with Gasteiger partial charge in [0.1, 0.15) is 11.9 Å². The lowest BCUT2D eigenvalue weighted by atomic mass is 10.1. The predicted octanol–water partition coefficient (Wildman–Crippen LogP) is 1.64. The number of thioether (sulfide) groups is 1. The Balaban J connectivity index is 1.40. The summed E-state index contributed by atoms with van der Waals surface area (Å²) in [7, 11) is 1.80. The maximum Gasteiger partial charge on any atom is 0.254 e. The van der Waals surface area contributed by atoms with E-state index in [2.05, 4.69) is 21.0 Å². The smallest absolute Gasteiger partial charge is 0.254 e. The van der Waals surface area contributed by atoms with Crippen LogP contribution in [0.25, 0.3) is 0 Å². The normalized spacial score (nSPS) is 18.2. The molecule has 1 aromatic carbocycles. The fourth-order valence-electron chi connectivity index (χ4n) is 3.28. The quantitative estimate of drug-likeness (QED) is 0.742.